The average molecular weight is 453 g/mol. The second kappa shape index (κ2) is 9.10. The fourth-order valence-electron chi connectivity index (χ4n) is 4.49. The van der Waals surface area contributed by atoms with Crippen LogP contribution in [0, 0.1) is 0 Å². The first-order valence-electron chi connectivity index (χ1n) is 11.4. The molecule has 2 N–H and O–H groups in total. The molecule has 1 aliphatic heterocycles. The summed E-state index contributed by atoms with van der Waals surface area (Å²) in [6.07, 6.45) is 1.25. The van der Waals surface area contributed by atoms with Gasteiger partial charge in [0.15, 0.2) is 5.82 Å². The summed E-state index contributed by atoms with van der Waals surface area (Å²) in [5, 5.41) is 9.20. The van der Waals surface area contributed by atoms with Crippen LogP contribution in [0.25, 0.3) is 33.5 Å². The van der Waals surface area contributed by atoms with Crippen molar-refractivity contribution in [3.05, 3.63) is 41.4 Å². The van der Waals surface area contributed by atoms with Crippen LogP contribution < -0.4 is 4.90 Å². The number of anilines is 1. The summed E-state index contributed by atoms with van der Waals surface area (Å²) in [4.78, 5) is 13.1. The van der Waals surface area contributed by atoms with Crippen molar-refractivity contribution >= 4 is 39.2 Å². The van der Waals surface area contributed by atoms with Crippen LogP contribution >= 0.6 is 11.6 Å². The monoisotopic (exact) mass is 452 g/mol. The van der Waals surface area contributed by atoms with E-state index in [-0.39, 0.29) is 6.10 Å². The van der Waals surface area contributed by atoms with Crippen molar-refractivity contribution in [2.24, 2.45) is 0 Å². The molecule has 1 unspecified atom stereocenters. The third kappa shape index (κ3) is 4.20. The number of likely N-dealkylation sites (N-methyl/N-ethyl adjacent to an activating group) is 1. The molecule has 0 spiro atoms. The van der Waals surface area contributed by atoms with Gasteiger partial charge in [-0.15, -0.1) is 0 Å². The van der Waals surface area contributed by atoms with Gasteiger partial charge < -0.3 is 19.5 Å². The maximum Gasteiger partial charge on any atom is 0.159 e. The van der Waals surface area contributed by atoms with Crippen molar-refractivity contribution in [3.63, 3.8) is 0 Å². The maximum absolute atomic E-state index is 6.15. The predicted molar refractivity (Wildman–Crippen MR) is 131 cm³/mol. The second-order valence-electron chi connectivity index (χ2n) is 8.33. The summed E-state index contributed by atoms with van der Waals surface area (Å²) in [6, 6.07) is 12.2. The van der Waals surface area contributed by atoms with Gasteiger partial charge >= 0.3 is 0 Å². The van der Waals surface area contributed by atoms with E-state index in [4.69, 9.17) is 21.3 Å². The first-order chi connectivity index (χ1) is 15.6. The average Bonchev–Trinajstić information content (AvgIpc) is 3.33. The van der Waals surface area contributed by atoms with Gasteiger partial charge in [0.05, 0.1) is 22.7 Å². The van der Waals surface area contributed by atoms with Crippen LogP contribution in [-0.2, 0) is 4.74 Å². The number of nitrogens with one attached hydrogen (secondary N) is 2. The van der Waals surface area contributed by atoms with E-state index in [1.807, 2.05) is 18.2 Å². The molecule has 4 aromatic rings. The molecule has 168 valence electrons. The van der Waals surface area contributed by atoms with E-state index < -0.39 is 0 Å². The van der Waals surface area contributed by atoms with Crippen molar-refractivity contribution in [1.29, 1.82) is 0 Å². The fourth-order valence-corrected chi connectivity index (χ4v) is 4.66. The Balaban J connectivity index is 1.42. The Hall–Kier alpha value is -2.61. The van der Waals surface area contributed by atoms with Gasteiger partial charge in [0.1, 0.15) is 5.69 Å². The molecule has 1 atom stereocenters. The van der Waals surface area contributed by atoms with Gasteiger partial charge in [-0.25, -0.2) is 4.98 Å². The zero-order chi connectivity index (χ0) is 22.1. The van der Waals surface area contributed by atoms with Gasteiger partial charge in [-0.05, 0) is 55.9 Å². The number of fused-ring (bicyclic) bond motifs is 2. The number of halogens is 1. The summed E-state index contributed by atoms with van der Waals surface area (Å²) in [5.74, 6) is 0.754. The van der Waals surface area contributed by atoms with Crippen molar-refractivity contribution < 1.29 is 4.74 Å². The first kappa shape index (κ1) is 21.2. The third-order valence-corrected chi connectivity index (χ3v) is 6.52. The van der Waals surface area contributed by atoms with Crippen molar-refractivity contribution in [2.75, 3.05) is 44.2 Å². The zero-order valence-electron chi connectivity index (χ0n) is 18.6. The summed E-state index contributed by atoms with van der Waals surface area (Å²) in [6.45, 7) is 10.2. The fraction of sp³-hybridized carbons (Fsp3) is 0.417. The molecule has 8 heteroatoms. The number of imidazole rings is 1. The minimum atomic E-state index is 0.215. The van der Waals surface area contributed by atoms with Gasteiger partial charge in [0, 0.05) is 42.3 Å². The van der Waals surface area contributed by atoms with Crippen LogP contribution in [0.2, 0.25) is 5.02 Å². The highest BCUT2D eigenvalue weighted by atomic mass is 35.5. The van der Waals surface area contributed by atoms with E-state index >= 15 is 0 Å². The van der Waals surface area contributed by atoms with E-state index in [1.165, 1.54) is 5.69 Å². The van der Waals surface area contributed by atoms with E-state index in [9.17, 15) is 0 Å². The number of hydrogen-bond donors (Lipinski definition) is 2. The summed E-state index contributed by atoms with van der Waals surface area (Å²) in [5.41, 5.74) is 4.84. The molecule has 0 bridgehead atoms. The zero-order valence-corrected chi connectivity index (χ0v) is 19.3. The number of aromatic amines is 2. The van der Waals surface area contributed by atoms with E-state index in [2.05, 4.69) is 57.0 Å². The van der Waals surface area contributed by atoms with Crippen molar-refractivity contribution in [1.82, 2.24) is 25.1 Å². The molecule has 32 heavy (non-hydrogen) atoms. The van der Waals surface area contributed by atoms with Gasteiger partial charge in [-0.2, -0.15) is 5.10 Å². The Morgan fingerprint density at radius 3 is 2.88 bits per heavy atom. The standard InChI is InChI=1S/C24H29ClN6O/c1-3-30(4-2)14-18-15-31(10-5-11-32-18)17-7-9-20-22(13-17)27-24(26-20)23-19-8-6-16(25)12-21(19)28-29-23/h6-9,12-13,18H,3-5,10-11,14-15H2,1-2H3,(H,26,27)(H,28,29). The Bertz CT molecular complexity index is 1210. The highest BCUT2D eigenvalue weighted by Crippen LogP contribution is 2.29. The predicted octanol–water partition coefficient (Wildman–Crippen LogP) is 4.70. The number of benzene rings is 2. The molecular formula is C24H29ClN6O. The molecule has 1 saturated heterocycles. The molecule has 2 aromatic carbocycles. The molecular weight excluding hydrogens is 424 g/mol. The van der Waals surface area contributed by atoms with E-state index in [0.29, 0.717) is 5.02 Å². The van der Waals surface area contributed by atoms with Crippen LogP contribution in [0.15, 0.2) is 36.4 Å². The quantitative estimate of drug-likeness (QED) is 0.443. The molecule has 2 aromatic heterocycles. The van der Waals surface area contributed by atoms with Gasteiger partial charge in [0.25, 0.3) is 0 Å². The van der Waals surface area contributed by atoms with Crippen molar-refractivity contribution in [2.45, 2.75) is 26.4 Å². The van der Waals surface area contributed by atoms with Crippen LogP contribution in [0.3, 0.4) is 0 Å². The topological polar surface area (TPSA) is 73.1 Å². The minimum absolute atomic E-state index is 0.215. The minimum Gasteiger partial charge on any atom is -0.375 e. The summed E-state index contributed by atoms with van der Waals surface area (Å²) < 4.78 is 6.15. The van der Waals surface area contributed by atoms with Crippen LogP contribution in [0.1, 0.15) is 20.3 Å². The molecule has 0 radical (unpaired) electrons. The van der Waals surface area contributed by atoms with E-state index in [0.717, 1.165) is 79.2 Å². The Kier molecular flexibility index (Phi) is 6.04. The van der Waals surface area contributed by atoms with Crippen LogP contribution in [0.4, 0.5) is 5.69 Å². The Morgan fingerprint density at radius 2 is 2.03 bits per heavy atom. The molecule has 1 aliphatic rings. The lowest BCUT2D eigenvalue weighted by molar-refractivity contribution is 0.0420. The van der Waals surface area contributed by atoms with Gasteiger partial charge in [0.2, 0.25) is 0 Å². The SMILES string of the molecule is CCN(CC)CC1CN(c2ccc3nc(-c4n[nH]c5cc(Cl)ccc45)[nH]c3c2)CCCO1. The number of hydrogen-bond acceptors (Lipinski definition) is 5. The second-order valence-corrected chi connectivity index (χ2v) is 8.76. The van der Waals surface area contributed by atoms with Crippen molar-refractivity contribution in [3.8, 4) is 11.5 Å². The van der Waals surface area contributed by atoms with Crippen LogP contribution in [-0.4, -0.2) is 70.5 Å². The number of ether oxygens (including phenoxy) is 1. The maximum atomic E-state index is 6.15. The molecule has 1 fully saturated rings. The van der Waals surface area contributed by atoms with Crippen LogP contribution in [0.5, 0.6) is 0 Å². The van der Waals surface area contributed by atoms with E-state index in [1.54, 1.807) is 0 Å². The molecule has 7 nitrogen and oxygen atoms in total. The highest BCUT2D eigenvalue weighted by Gasteiger charge is 2.21. The lowest BCUT2D eigenvalue weighted by atomic mass is 10.2. The third-order valence-electron chi connectivity index (χ3n) is 6.29. The number of nitrogens with zero attached hydrogens (tertiary/aromatic N) is 4. The number of aromatic nitrogens is 4. The Morgan fingerprint density at radius 1 is 1.16 bits per heavy atom. The first-order valence-corrected chi connectivity index (χ1v) is 11.7. The highest BCUT2D eigenvalue weighted by molar-refractivity contribution is 6.31. The smallest absolute Gasteiger partial charge is 0.159 e. The largest absolute Gasteiger partial charge is 0.375 e. The lowest BCUT2D eigenvalue weighted by Gasteiger charge is -2.29. The number of rotatable bonds is 6. The Labute approximate surface area is 192 Å². The molecule has 0 amide bonds. The summed E-state index contributed by atoms with van der Waals surface area (Å²) >= 11 is 6.11. The molecule has 3 heterocycles. The van der Waals surface area contributed by atoms with Gasteiger partial charge in [-0.1, -0.05) is 25.4 Å². The van der Waals surface area contributed by atoms with Gasteiger partial charge in [-0.3, -0.25) is 5.10 Å². The molecule has 0 saturated carbocycles. The summed E-state index contributed by atoms with van der Waals surface area (Å²) in [7, 11) is 0. The molecule has 0 aliphatic carbocycles. The number of H-pyrrole nitrogens is 2. The normalized spacial score (nSPS) is 17.5. The molecule has 5 rings (SSSR count). The lowest BCUT2D eigenvalue weighted by Crippen LogP contribution is -2.40.